The van der Waals surface area contributed by atoms with Crippen molar-refractivity contribution in [2.45, 2.75) is 20.0 Å². The van der Waals surface area contributed by atoms with Crippen molar-refractivity contribution >= 4 is 11.8 Å². The van der Waals surface area contributed by atoms with Gasteiger partial charge in [0.2, 0.25) is 5.82 Å². The Bertz CT molecular complexity index is 1040. The zero-order valence-corrected chi connectivity index (χ0v) is 15.8. The second-order valence-electron chi connectivity index (χ2n) is 6.46. The number of carbonyl (C=O) groups excluding carboxylic acids is 2. The van der Waals surface area contributed by atoms with Crippen molar-refractivity contribution in [2.24, 2.45) is 0 Å². The number of nitrogens with one attached hydrogen (secondary N) is 2. The lowest BCUT2D eigenvalue weighted by molar-refractivity contribution is 0.0941. The van der Waals surface area contributed by atoms with Gasteiger partial charge in [0.25, 0.3) is 11.8 Å². The maximum Gasteiger partial charge on any atom is 0.254 e. The molecule has 1 heterocycles. The molecule has 0 saturated carbocycles. The summed E-state index contributed by atoms with van der Waals surface area (Å²) in [6.45, 7) is 2.78. The molecular weight excluding hydrogens is 366 g/mol. The van der Waals surface area contributed by atoms with Gasteiger partial charge in [-0.2, -0.15) is 5.26 Å². The summed E-state index contributed by atoms with van der Waals surface area (Å²) in [5.74, 6) is -0.483. The lowest BCUT2D eigenvalue weighted by Crippen LogP contribution is -2.24. The third-order valence-electron chi connectivity index (χ3n) is 4.26. The first kappa shape index (κ1) is 19.7. The van der Waals surface area contributed by atoms with E-state index >= 15 is 0 Å². The van der Waals surface area contributed by atoms with E-state index in [-0.39, 0.29) is 23.2 Å². The Morgan fingerprint density at radius 1 is 0.828 bits per heavy atom. The van der Waals surface area contributed by atoms with Crippen molar-refractivity contribution < 1.29 is 9.59 Å². The highest BCUT2D eigenvalue weighted by atomic mass is 16.2. The SMILES string of the molecule is Cc1ccc(CNC(=O)c2ccc(CNC(=O)c3cnc(C#N)nc3)cc2)cc1. The Labute approximate surface area is 168 Å². The fourth-order valence-electron chi connectivity index (χ4n) is 2.55. The van der Waals surface area contributed by atoms with Crippen LogP contribution in [0.4, 0.5) is 0 Å². The molecule has 0 bridgehead atoms. The van der Waals surface area contributed by atoms with Crippen molar-refractivity contribution in [1.82, 2.24) is 20.6 Å². The number of rotatable bonds is 6. The third kappa shape index (κ3) is 5.47. The molecule has 0 aliphatic carbocycles. The summed E-state index contributed by atoms with van der Waals surface area (Å²) in [6, 6.07) is 16.8. The molecule has 7 nitrogen and oxygen atoms in total. The van der Waals surface area contributed by atoms with E-state index in [2.05, 4.69) is 20.6 Å². The molecule has 0 radical (unpaired) electrons. The predicted octanol–water partition coefficient (Wildman–Crippen LogP) is 2.52. The smallest absolute Gasteiger partial charge is 0.254 e. The summed E-state index contributed by atoms with van der Waals surface area (Å²) < 4.78 is 0. The number of aromatic nitrogens is 2. The summed E-state index contributed by atoms with van der Waals surface area (Å²) >= 11 is 0. The molecule has 1 aromatic heterocycles. The third-order valence-corrected chi connectivity index (χ3v) is 4.26. The number of hydrogen-bond donors (Lipinski definition) is 2. The summed E-state index contributed by atoms with van der Waals surface area (Å²) in [4.78, 5) is 31.9. The molecule has 0 saturated heterocycles. The van der Waals surface area contributed by atoms with Crippen LogP contribution in [-0.2, 0) is 13.1 Å². The van der Waals surface area contributed by atoms with Gasteiger partial charge in [-0.25, -0.2) is 9.97 Å². The van der Waals surface area contributed by atoms with Crippen LogP contribution in [-0.4, -0.2) is 21.8 Å². The molecule has 3 aromatic rings. The van der Waals surface area contributed by atoms with Crippen LogP contribution < -0.4 is 10.6 Å². The Balaban J connectivity index is 1.51. The number of nitriles is 1. The monoisotopic (exact) mass is 385 g/mol. The normalized spacial score (nSPS) is 10.1. The Kier molecular flexibility index (Phi) is 6.28. The van der Waals surface area contributed by atoms with E-state index in [1.165, 1.54) is 18.0 Å². The van der Waals surface area contributed by atoms with Crippen molar-refractivity contribution in [2.75, 3.05) is 0 Å². The minimum atomic E-state index is -0.339. The van der Waals surface area contributed by atoms with E-state index < -0.39 is 0 Å². The van der Waals surface area contributed by atoms with Gasteiger partial charge >= 0.3 is 0 Å². The van der Waals surface area contributed by atoms with Gasteiger partial charge in [0.15, 0.2) is 0 Å². The van der Waals surface area contributed by atoms with Crippen LogP contribution in [0.25, 0.3) is 0 Å². The van der Waals surface area contributed by atoms with E-state index in [9.17, 15) is 9.59 Å². The molecule has 7 heteroatoms. The van der Waals surface area contributed by atoms with E-state index in [4.69, 9.17) is 5.26 Å². The van der Waals surface area contributed by atoms with Crippen LogP contribution in [0, 0.1) is 18.3 Å². The molecule has 0 aliphatic rings. The number of benzene rings is 2. The van der Waals surface area contributed by atoms with Crippen LogP contribution in [0.2, 0.25) is 0 Å². The van der Waals surface area contributed by atoms with Crippen molar-refractivity contribution in [3.8, 4) is 6.07 Å². The maximum atomic E-state index is 12.3. The Hall–Kier alpha value is -4.05. The molecule has 3 rings (SSSR count). The van der Waals surface area contributed by atoms with Crippen LogP contribution in [0.15, 0.2) is 60.9 Å². The summed E-state index contributed by atoms with van der Waals surface area (Å²) in [7, 11) is 0. The van der Waals surface area contributed by atoms with Gasteiger partial charge in [0.1, 0.15) is 6.07 Å². The zero-order chi connectivity index (χ0) is 20.6. The molecule has 2 N–H and O–H groups in total. The molecule has 2 aromatic carbocycles. The molecule has 0 fully saturated rings. The molecule has 0 unspecified atom stereocenters. The summed E-state index contributed by atoms with van der Waals surface area (Å²) in [5, 5.41) is 14.3. The van der Waals surface area contributed by atoms with Crippen molar-refractivity contribution in [3.63, 3.8) is 0 Å². The highest BCUT2D eigenvalue weighted by Crippen LogP contribution is 2.07. The van der Waals surface area contributed by atoms with Gasteiger partial charge in [0.05, 0.1) is 5.56 Å². The molecular formula is C22H19N5O2. The van der Waals surface area contributed by atoms with Crippen LogP contribution in [0.3, 0.4) is 0 Å². The summed E-state index contributed by atoms with van der Waals surface area (Å²) in [5.41, 5.74) is 3.89. The van der Waals surface area contributed by atoms with Gasteiger partial charge in [-0.05, 0) is 30.2 Å². The van der Waals surface area contributed by atoms with E-state index in [1.54, 1.807) is 30.3 Å². The number of amides is 2. The van der Waals surface area contributed by atoms with E-state index in [0.717, 1.165) is 11.1 Å². The molecule has 0 aliphatic heterocycles. The van der Waals surface area contributed by atoms with Crippen LogP contribution in [0.5, 0.6) is 0 Å². The highest BCUT2D eigenvalue weighted by Gasteiger charge is 2.08. The quantitative estimate of drug-likeness (QED) is 0.678. The van der Waals surface area contributed by atoms with E-state index in [0.29, 0.717) is 18.7 Å². The standard InChI is InChI=1S/C22H19N5O2/c1-15-2-4-16(5-3-15)11-26-21(28)18-8-6-17(7-9-18)12-27-22(29)19-13-24-20(10-23)25-14-19/h2-9,13-14H,11-12H2,1H3,(H,26,28)(H,27,29). The number of carbonyl (C=O) groups is 2. The molecule has 0 spiro atoms. The number of nitrogens with zero attached hydrogens (tertiary/aromatic N) is 3. The van der Waals surface area contributed by atoms with Crippen molar-refractivity contribution in [1.29, 1.82) is 5.26 Å². The fourth-order valence-corrected chi connectivity index (χ4v) is 2.55. The number of aryl methyl sites for hydroxylation is 1. The van der Waals surface area contributed by atoms with Crippen LogP contribution >= 0.6 is 0 Å². The minimum absolute atomic E-state index is 0.0118. The first-order valence-corrected chi connectivity index (χ1v) is 8.98. The predicted molar refractivity (Wildman–Crippen MR) is 107 cm³/mol. The first-order valence-electron chi connectivity index (χ1n) is 8.98. The van der Waals surface area contributed by atoms with Gasteiger partial charge in [-0.15, -0.1) is 0 Å². The van der Waals surface area contributed by atoms with Gasteiger partial charge in [-0.3, -0.25) is 9.59 Å². The maximum absolute atomic E-state index is 12.3. The van der Waals surface area contributed by atoms with Crippen LogP contribution in [0.1, 0.15) is 43.2 Å². The van der Waals surface area contributed by atoms with Gasteiger partial charge < -0.3 is 10.6 Å². The second kappa shape index (κ2) is 9.24. The average molecular weight is 385 g/mol. The highest BCUT2D eigenvalue weighted by molar-refractivity contribution is 5.94. The molecule has 29 heavy (non-hydrogen) atoms. The Morgan fingerprint density at radius 3 is 1.83 bits per heavy atom. The second-order valence-corrected chi connectivity index (χ2v) is 6.46. The average Bonchev–Trinajstić information content (AvgIpc) is 2.77. The van der Waals surface area contributed by atoms with Gasteiger partial charge in [-0.1, -0.05) is 42.0 Å². The zero-order valence-electron chi connectivity index (χ0n) is 15.8. The van der Waals surface area contributed by atoms with Crippen molar-refractivity contribution in [3.05, 3.63) is 94.6 Å². The van der Waals surface area contributed by atoms with E-state index in [1.807, 2.05) is 31.2 Å². The molecule has 0 atom stereocenters. The molecule has 2 amide bonds. The number of hydrogen-bond acceptors (Lipinski definition) is 5. The van der Waals surface area contributed by atoms with Gasteiger partial charge in [0, 0.05) is 31.0 Å². The Morgan fingerprint density at radius 2 is 1.31 bits per heavy atom. The summed E-state index contributed by atoms with van der Waals surface area (Å²) in [6.07, 6.45) is 2.62. The molecule has 144 valence electrons. The lowest BCUT2D eigenvalue weighted by Gasteiger charge is -2.08. The first-order chi connectivity index (χ1) is 14.0. The topological polar surface area (TPSA) is 108 Å². The minimum Gasteiger partial charge on any atom is -0.348 e. The fraction of sp³-hybridized carbons (Fsp3) is 0.136. The largest absolute Gasteiger partial charge is 0.348 e. The lowest BCUT2D eigenvalue weighted by atomic mass is 10.1.